The molecule has 3 aliphatic rings. The summed E-state index contributed by atoms with van der Waals surface area (Å²) in [5, 5.41) is 5.87. The highest BCUT2D eigenvalue weighted by Gasteiger charge is 2.38. The van der Waals surface area contributed by atoms with Gasteiger partial charge in [0.2, 0.25) is 11.8 Å². The number of hydrogen-bond acceptors (Lipinski definition) is 3. The summed E-state index contributed by atoms with van der Waals surface area (Å²) in [6.07, 6.45) is 7.25. The summed E-state index contributed by atoms with van der Waals surface area (Å²) in [7, 11) is 0. The summed E-state index contributed by atoms with van der Waals surface area (Å²) in [5.41, 5.74) is 2.80. The molecule has 1 aromatic carbocycles. The maximum Gasteiger partial charge on any atom is 0.242 e. The summed E-state index contributed by atoms with van der Waals surface area (Å²) < 4.78 is 0. The summed E-state index contributed by atoms with van der Waals surface area (Å²) in [4.78, 5) is 27.1. The Morgan fingerprint density at radius 2 is 2.00 bits per heavy atom. The smallest absolute Gasteiger partial charge is 0.242 e. The second-order valence-corrected chi connectivity index (χ2v) is 7.56. The molecule has 2 fully saturated rings. The molecule has 0 unspecified atom stereocenters. The van der Waals surface area contributed by atoms with Gasteiger partial charge in [-0.05, 0) is 56.1 Å². The zero-order valence-electron chi connectivity index (χ0n) is 14.7. The van der Waals surface area contributed by atoms with E-state index in [-0.39, 0.29) is 17.9 Å². The average molecular weight is 341 g/mol. The molecule has 1 heterocycles. The van der Waals surface area contributed by atoms with Gasteiger partial charge in [-0.1, -0.05) is 24.3 Å². The standard InChI is InChI=1S/C20H27N3O2/c24-19(22-17-7-3-4-12-21-20(17)25)13-23(15-9-10-15)18-11-8-14-5-1-2-6-16(14)18/h1-2,5-6,15,17-18H,3-4,7-13H2,(H,21,25)(H,22,24)/t17-,18+/m0/s1. The van der Waals surface area contributed by atoms with Gasteiger partial charge in [-0.25, -0.2) is 0 Å². The fraction of sp³-hybridized carbons (Fsp3) is 0.600. The highest BCUT2D eigenvalue weighted by atomic mass is 16.2. The third-order valence-corrected chi connectivity index (χ3v) is 5.71. The van der Waals surface area contributed by atoms with Gasteiger partial charge >= 0.3 is 0 Å². The van der Waals surface area contributed by atoms with Gasteiger partial charge in [0.1, 0.15) is 6.04 Å². The molecule has 0 aromatic heterocycles. The fourth-order valence-electron chi connectivity index (χ4n) is 4.26. The molecule has 1 saturated heterocycles. The molecule has 1 aromatic rings. The van der Waals surface area contributed by atoms with Crippen LogP contribution in [0.3, 0.4) is 0 Å². The number of aryl methyl sites for hydroxylation is 1. The number of hydrogen-bond donors (Lipinski definition) is 2. The van der Waals surface area contributed by atoms with Crippen LogP contribution in [-0.2, 0) is 16.0 Å². The highest BCUT2D eigenvalue weighted by Crippen LogP contribution is 2.41. The van der Waals surface area contributed by atoms with E-state index in [1.807, 2.05) is 0 Å². The minimum absolute atomic E-state index is 0.0154. The maximum atomic E-state index is 12.6. The van der Waals surface area contributed by atoms with Crippen LogP contribution in [0, 0.1) is 0 Å². The van der Waals surface area contributed by atoms with Gasteiger partial charge in [0.15, 0.2) is 0 Å². The maximum absolute atomic E-state index is 12.6. The number of nitrogens with one attached hydrogen (secondary N) is 2. The van der Waals surface area contributed by atoms with Crippen LogP contribution >= 0.6 is 0 Å². The Bertz CT molecular complexity index is 656. The minimum atomic E-state index is -0.369. The van der Waals surface area contributed by atoms with Gasteiger partial charge in [0, 0.05) is 18.6 Å². The molecule has 1 aliphatic heterocycles. The Labute approximate surface area is 149 Å². The fourth-order valence-corrected chi connectivity index (χ4v) is 4.26. The van der Waals surface area contributed by atoms with Crippen molar-refractivity contribution >= 4 is 11.8 Å². The summed E-state index contributed by atoms with van der Waals surface area (Å²) >= 11 is 0. The lowest BCUT2D eigenvalue weighted by atomic mass is 10.1. The number of carbonyl (C=O) groups is 2. The first-order valence-electron chi connectivity index (χ1n) is 9.63. The van der Waals surface area contributed by atoms with E-state index in [1.54, 1.807) is 0 Å². The number of amides is 2. The van der Waals surface area contributed by atoms with Crippen LogP contribution in [0.1, 0.15) is 55.7 Å². The van der Waals surface area contributed by atoms with Crippen LogP contribution in [0.4, 0.5) is 0 Å². The molecule has 2 amide bonds. The molecule has 4 rings (SSSR count). The number of carbonyl (C=O) groups excluding carboxylic acids is 2. The first kappa shape index (κ1) is 16.6. The van der Waals surface area contributed by atoms with Gasteiger partial charge in [-0.15, -0.1) is 0 Å². The Balaban J connectivity index is 1.42. The van der Waals surface area contributed by atoms with Gasteiger partial charge in [0.25, 0.3) is 0 Å². The van der Waals surface area contributed by atoms with Crippen molar-refractivity contribution < 1.29 is 9.59 Å². The SMILES string of the molecule is O=C(CN(C1CC1)[C@@H]1CCc2ccccc21)N[C@H]1CCCCNC1=O. The summed E-state index contributed by atoms with van der Waals surface area (Å²) in [6.45, 7) is 1.12. The molecule has 5 nitrogen and oxygen atoms in total. The van der Waals surface area contributed by atoms with Crippen LogP contribution in [0.15, 0.2) is 24.3 Å². The highest BCUT2D eigenvalue weighted by molar-refractivity contribution is 5.88. The van der Waals surface area contributed by atoms with Crippen molar-refractivity contribution in [2.75, 3.05) is 13.1 Å². The monoisotopic (exact) mass is 341 g/mol. The number of benzene rings is 1. The molecule has 25 heavy (non-hydrogen) atoms. The van der Waals surface area contributed by atoms with Crippen molar-refractivity contribution in [3.05, 3.63) is 35.4 Å². The van der Waals surface area contributed by atoms with Gasteiger partial charge in [-0.2, -0.15) is 0 Å². The molecule has 0 bridgehead atoms. The first-order valence-corrected chi connectivity index (χ1v) is 9.63. The second-order valence-electron chi connectivity index (χ2n) is 7.56. The van der Waals surface area contributed by atoms with Crippen molar-refractivity contribution in [1.29, 1.82) is 0 Å². The molecule has 0 radical (unpaired) electrons. The lowest BCUT2D eigenvalue weighted by Crippen LogP contribution is -2.49. The lowest BCUT2D eigenvalue weighted by Gasteiger charge is -2.29. The van der Waals surface area contributed by atoms with Crippen LogP contribution in [0.5, 0.6) is 0 Å². The Morgan fingerprint density at radius 3 is 2.84 bits per heavy atom. The number of rotatable bonds is 5. The molecule has 1 saturated carbocycles. The first-order chi connectivity index (χ1) is 12.2. The quantitative estimate of drug-likeness (QED) is 0.860. The molecule has 2 N–H and O–H groups in total. The number of fused-ring (bicyclic) bond motifs is 1. The molecule has 5 heteroatoms. The van der Waals surface area contributed by atoms with Gasteiger partial charge < -0.3 is 10.6 Å². The third kappa shape index (κ3) is 3.71. The van der Waals surface area contributed by atoms with E-state index in [4.69, 9.17) is 0 Å². The van der Waals surface area contributed by atoms with Crippen LogP contribution in [-0.4, -0.2) is 41.9 Å². The second kappa shape index (κ2) is 7.16. The van der Waals surface area contributed by atoms with E-state index in [0.29, 0.717) is 18.6 Å². The Hall–Kier alpha value is -1.88. The van der Waals surface area contributed by atoms with Crippen molar-refractivity contribution in [3.8, 4) is 0 Å². The lowest BCUT2D eigenvalue weighted by molar-refractivity contribution is -0.129. The molecular weight excluding hydrogens is 314 g/mol. The van der Waals surface area contributed by atoms with Crippen LogP contribution < -0.4 is 10.6 Å². The third-order valence-electron chi connectivity index (χ3n) is 5.71. The summed E-state index contributed by atoms with van der Waals surface area (Å²) in [5.74, 6) is -0.0478. The van der Waals surface area contributed by atoms with E-state index in [0.717, 1.165) is 38.6 Å². The largest absolute Gasteiger partial charge is 0.354 e. The van der Waals surface area contributed by atoms with Gasteiger partial charge in [-0.3, -0.25) is 14.5 Å². The molecule has 134 valence electrons. The Kier molecular flexibility index (Phi) is 4.75. The molecule has 2 atom stereocenters. The van der Waals surface area contributed by atoms with Crippen LogP contribution in [0.25, 0.3) is 0 Å². The van der Waals surface area contributed by atoms with E-state index in [2.05, 4.69) is 39.8 Å². The summed E-state index contributed by atoms with van der Waals surface area (Å²) in [6, 6.07) is 9.10. The average Bonchev–Trinajstić information content (AvgIpc) is 3.39. The molecule has 0 spiro atoms. The van der Waals surface area contributed by atoms with Crippen LogP contribution in [0.2, 0.25) is 0 Å². The molecule has 2 aliphatic carbocycles. The minimum Gasteiger partial charge on any atom is -0.354 e. The zero-order chi connectivity index (χ0) is 17.2. The number of nitrogens with zero attached hydrogens (tertiary/aromatic N) is 1. The normalized spacial score (nSPS) is 26.0. The van der Waals surface area contributed by atoms with Crippen molar-refractivity contribution in [3.63, 3.8) is 0 Å². The van der Waals surface area contributed by atoms with E-state index in [1.165, 1.54) is 24.0 Å². The van der Waals surface area contributed by atoms with E-state index >= 15 is 0 Å². The Morgan fingerprint density at radius 1 is 1.16 bits per heavy atom. The van der Waals surface area contributed by atoms with E-state index < -0.39 is 0 Å². The van der Waals surface area contributed by atoms with Gasteiger partial charge in [0.05, 0.1) is 6.54 Å². The van der Waals surface area contributed by atoms with Crippen molar-refractivity contribution in [2.24, 2.45) is 0 Å². The molecular formula is C20H27N3O2. The predicted molar refractivity (Wildman–Crippen MR) is 96.0 cm³/mol. The van der Waals surface area contributed by atoms with E-state index in [9.17, 15) is 9.59 Å². The topological polar surface area (TPSA) is 61.4 Å². The van der Waals surface area contributed by atoms with Crippen molar-refractivity contribution in [2.45, 2.75) is 63.1 Å². The zero-order valence-corrected chi connectivity index (χ0v) is 14.7. The predicted octanol–water partition coefficient (Wildman–Crippen LogP) is 1.92. The van der Waals surface area contributed by atoms with Crippen molar-refractivity contribution in [1.82, 2.24) is 15.5 Å².